The largest absolute Gasteiger partial charge is 0.478 e. The lowest BCUT2D eigenvalue weighted by molar-refractivity contribution is -0.108. The van der Waals surface area contributed by atoms with E-state index in [4.69, 9.17) is 14.7 Å². The zero-order chi connectivity index (χ0) is 20.3. The molecule has 0 aromatic carbocycles. The van der Waals surface area contributed by atoms with Gasteiger partial charge < -0.3 is 14.1 Å². The summed E-state index contributed by atoms with van der Waals surface area (Å²) in [6.45, 7) is 10.8. The number of aryl methyl sites for hydroxylation is 3. The van der Waals surface area contributed by atoms with Gasteiger partial charge >= 0.3 is 0 Å². The lowest BCUT2D eigenvalue weighted by atomic mass is 10.0. The third-order valence-corrected chi connectivity index (χ3v) is 4.98. The Kier molecular flexibility index (Phi) is 6.07. The fraction of sp³-hybridized carbons (Fsp3) is 0.455. The van der Waals surface area contributed by atoms with Gasteiger partial charge in [0.15, 0.2) is 5.65 Å². The van der Waals surface area contributed by atoms with E-state index in [-0.39, 0.29) is 6.04 Å². The van der Waals surface area contributed by atoms with Gasteiger partial charge in [0.2, 0.25) is 5.88 Å². The predicted octanol–water partition coefficient (Wildman–Crippen LogP) is 4.48. The SMILES string of the molecule is CCOc1ccc(-c2nc3c(C)cn([C@H](C)CC=O)c3nc2CC)c(CC)n1. The highest BCUT2D eigenvalue weighted by molar-refractivity contribution is 5.80. The van der Waals surface area contributed by atoms with E-state index in [2.05, 4.69) is 23.4 Å². The Morgan fingerprint density at radius 1 is 1.11 bits per heavy atom. The topological polar surface area (TPSA) is 69.9 Å². The van der Waals surface area contributed by atoms with Gasteiger partial charge in [-0.2, -0.15) is 0 Å². The van der Waals surface area contributed by atoms with Crippen molar-refractivity contribution in [2.75, 3.05) is 6.61 Å². The van der Waals surface area contributed by atoms with Crippen LogP contribution >= 0.6 is 0 Å². The zero-order valence-electron chi connectivity index (χ0n) is 17.3. The fourth-order valence-corrected chi connectivity index (χ4v) is 3.48. The van der Waals surface area contributed by atoms with Gasteiger partial charge in [0, 0.05) is 30.3 Å². The highest BCUT2D eigenvalue weighted by Gasteiger charge is 2.19. The number of carbonyl (C=O) groups is 1. The van der Waals surface area contributed by atoms with Crippen LogP contribution in [0.3, 0.4) is 0 Å². The van der Waals surface area contributed by atoms with Crippen molar-refractivity contribution in [3.05, 3.63) is 35.3 Å². The number of nitrogens with zero attached hydrogens (tertiary/aromatic N) is 4. The average molecular weight is 380 g/mol. The minimum absolute atomic E-state index is 0.0527. The van der Waals surface area contributed by atoms with Gasteiger partial charge in [0.25, 0.3) is 0 Å². The molecule has 0 saturated carbocycles. The molecule has 3 aromatic heterocycles. The molecule has 0 unspecified atom stereocenters. The Labute approximate surface area is 166 Å². The van der Waals surface area contributed by atoms with Crippen molar-refractivity contribution >= 4 is 17.5 Å². The molecule has 1 atom stereocenters. The molecule has 3 rings (SSSR count). The van der Waals surface area contributed by atoms with E-state index in [1.807, 2.05) is 39.1 Å². The zero-order valence-corrected chi connectivity index (χ0v) is 17.3. The first-order valence-electron chi connectivity index (χ1n) is 9.98. The molecule has 0 bridgehead atoms. The number of fused-ring (bicyclic) bond motifs is 1. The number of hydrogen-bond donors (Lipinski definition) is 0. The summed E-state index contributed by atoms with van der Waals surface area (Å²) >= 11 is 0. The van der Waals surface area contributed by atoms with Crippen molar-refractivity contribution in [3.63, 3.8) is 0 Å². The number of rotatable bonds is 8. The second-order valence-electron chi connectivity index (χ2n) is 6.95. The molecule has 3 aromatic rings. The molecular formula is C22H28N4O2. The van der Waals surface area contributed by atoms with Gasteiger partial charge in [-0.15, -0.1) is 0 Å². The van der Waals surface area contributed by atoms with Crippen molar-refractivity contribution in [1.29, 1.82) is 0 Å². The summed E-state index contributed by atoms with van der Waals surface area (Å²) < 4.78 is 7.62. The van der Waals surface area contributed by atoms with Gasteiger partial charge in [-0.1, -0.05) is 13.8 Å². The van der Waals surface area contributed by atoms with Crippen LogP contribution in [0.2, 0.25) is 0 Å². The fourth-order valence-electron chi connectivity index (χ4n) is 3.48. The quantitative estimate of drug-likeness (QED) is 0.539. The van der Waals surface area contributed by atoms with Crippen LogP contribution in [0.1, 0.15) is 57.1 Å². The highest BCUT2D eigenvalue weighted by Crippen LogP contribution is 2.31. The van der Waals surface area contributed by atoms with Crippen molar-refractivity contribution in [2.24, 2.45) is 0 Å². The van der Waals surface area contributed by atoms with E-state index in [0.29, 0.717) is 18.9 Å². The highest BCUT2D eigenvalue weighted by atomic mass is 16.5. The smallest absolute Gasteiger partial charge is 0.213 e. The molecule has 148 valence electrons. The van der Waals surface area contributed by atoms with Gasteiger partial charge in [0.05, 0.1) is 23.7 Å². The molecule has 0 aliphatic carbocycles. The van der Waals surface area contributed by atoms with Crippen molar-refractivity contribution in [1.82, 2.24) is 19.5 Å². The molecule has 0 N–H and O–H groups in total. The maximum Gasteiger partial charge on any atom is 0.213 e. The summed E-state index contributed by atoms with van der Waals surface area (Å²) in [7, 11) is 0. The molecule has 0 radical (unpaired) electrons. The molecule has 28 heavy (non-hydrogen) atoms. The van der Waals surface area contributed by atoms with E-state index in [9.17, 15) is 4.79 Å². The molecule has 3 heterocycles. The molecule has 0 aliphatic rings. The molecular weight excluding hydrogens is 352 g/mol. The second-order valence-corrected chi connectivity index (χ2v) is 6.95. The van der Waals surface area contributed by atoms with Crippen LogP contribution < -0.4 is 4.74 Å². The summed E-state index contributed by atoms with van der Waals surface area (Å²) in [5.74, 6) is 0.639. The average Bonchev–Trinajstić information content (AvgIpc) is 3.03. The van der Waals surface area contributed by atoms with Crippen LogP contribution in [-0.2, 0) is 17.6 Å². The van der Waals surface area contributed by atoms with Gasteiger partial charge in [-0.3, -0.25) is 0 Å². The lowest BCUT2D eigenvalue weighted by Crippen LogP contribution is -2.07. The van der Waals surface area contributed by atoms with Crippen molar-refractivity contribution in [3.8, 4) is 17.1 Å². The molecule has 0 aliphatic heterocycles. The van der Waals surface area contributed by atoms with Crippen LogP contribution in [0, 0.1) is 6.92 Å². The first kappa shape index (κ1) is 20.0. The molecule has 6 heteroatoms. The van der Waals surface area contributed by atoms with Gasteiger partial charge in [-0.05, 0) is 45.2 Å². The van der Waals surface area contributed by atoms with Gasteiger partial charge in [0.1, 0.15) is 11.8 Å². The maximum atomic E-state index is 11.0. The van der Waals surface area contributed by atoms with Crippen LogP contribution in [0.15, 0.2) is 18.3 Å². The van der Waals surface area contributed by atoms with E-state index in [1.54, 1.807) is 0 Å². The first-order valence-corrected chi connectivity index (χ1v) is 9.98. The van der Waals surface area contributed by atoms with E-state index in [1.165, 1.54) is 0 Å². The third-order valence-electron chi connectivity index (χ3n) is 4.98. The van der Waals surface area contributed by atoms with Crippen LogP contribution in [0.25, 0.3) is 22.4 Å². The first-order chi connectivity index (χ1) is 13.5. The monoisotopic (exact) mass is 380 g/mol. The lowest BCUT2D eigenvalue weighted by Gasteiger charge is -2.14. The summed E-state index contributed by atoms with van der Waals surface area (Å²) in [5, 5.41) is 0. The Morgan fingerprint density at radius 3 is 2.50 bits per heavy atom. The van der Waals surface area contributed by atoms with E-state index in [0.717, 1.165) is 58.5 Å². The van der Waals surface area contributed by atoms with Crippen molar-refractivity contribution < 1.29 is 9.53 Å². The molecule has 6 nitrogen and oxygen atoms in total. The van der Waals surface area contributed by atoms with E-state index >= 15 is 0 Å². The minimum Gasteiger partial charge on any atom is -0.478 e. The minimum atomic E-state index is 0.0527. The Morgan fingerprint density at radius 2 is 1.86 bits per heavy atom. The van der Waals surface area contributed by atoms with Crippen LogP contribution in [0.5, 0.6) is 5.88 Å². The number of aromatic nitrogens is 4. The Hall–Kier alpha value is -2.76. The van der Waals surface area contributed by atoms with E-state index < -0.39 is 0 Å². The molecule has 0 fully saturated rings. The molecule has 0 amide bonds. The summed E-state index contributed by atoms with van der Waals surface area (Å²) in [4.78, 5) is 25.6. The number of ether oxygens (including phenoxy) is 1. The third kappa shape index (κ3) is 3.63. The predicted molar refractivity (Wildman–Crippen MR) is 111 cm³/mol. The molecule has 0 saturated heterocycles. The molecule has 0 spiro atoms. The number of hydrogen-bond acceptors (Lipinski definition) is 5. The van der Waals surface area contributed by atoms with Gasteiger partial charge in [-0.25, -0.2) is 15.0 Å². The van der Waals surface area contributed by atoms with Crippen molar-refractivity contribution in [2.45, 2.75) is 59.9 Å². The summed E-state index contributed by atoms with van der Waals surface area (Å²) in [6.07, 6.45) is 5.00. The summed E-state index contributed by atoms with van der Waals surface area (Å²) in [6, 6.07) is 3.98. The Bertz CT molecular complexity index is 994. The van der Waals surface area contributed by atoms with Crippen LogP contribution in [-0.4, -0.2) is 32.4 Å². The van der Waals surface area contributed by atoms with Crippen LogP contribution in [0.4, 0.5) is 0 Å². The normalized spacial score (nSPS) is 12.3. The number of pyridine rings is 1. The number of carbonyl (C=O) groups excluding carboxylic acids is 1. The standard InChI is InChI=1S/C22H28N4O2/c1-6-17-16(9-10-19(23-17)28-8-3)21-18(7-2)24-22-20(25-21)14(4)13-26(22)15(5)11-12-27/h9-10,12-13,15H,6-8,11H2,1-5H3/t15-/m1/s1. The summed E-state index contributed by atoms with van der Waals surface area (Å²) in [5.41, 5.74) is 6.55. The Balaban J connectivity index is 2.19. The second kappa shape index (κ2) is 8.50. The maximum absolute atomic E-state index is 11.0. The number of aldehydes is 1.